The van der Waals surface area contributed by atoms with Gasteiger partial charge < -0.3 is 19.9 Å². The number of carbonyl (C=O) groups excluding carboxylic acids is 2. The Bertz CT molecular complexity index is 766. The van der Waals surface area contributed by atoms with Gasteiger partial charge in [-0.15, -0.1) is 0 Å². The van der Waals surface area contributed by atoms with Crippen LogP contribution in [0, 0.1) is 0 Å². The molecule has 1 aliphatic rings. The van der Waals surface area contributed by atoms with Crippen molar-refractivity contribution >= 4 is 11.8 Å². The number of piperazine rings is 1. The first-order valence-electron chi connectivity index (χ1n) is 11.1. The number of hydrogen-bond donors (Lipinski definition) is 2. The SMILES string of the molecule is COCCCNC(=O)C[NH+]1CCN(C(=O)CC(c2ccccc2)c2ccccc2)CC1. The molecule has 0 atom stereocenters. The van der Waals surface area contributed by atoms with Gasteiger partial charge in [-0.1, -0.05) is 60.7 Å². The normalized spacial score (nSPS) is 14.6. The molecule has 1 fully saturated rings. The summed E-state index contributed by atoms with van der Waals surface area (Å²) >= 11 is 0. The molecule has 2 aromatic carbocycles. The smallest absolute Gasteiger partial charge is 0.275 e. The largest absolute Gasteiger partial charge is 0.385 e. The first kappa shape index (κ1) is 23.0. The van der Waals surface area contributed by atoms with E-state index in [0.717, 1.165) is 30.6 Å². The van der Waals surface area contributed by atoms with Crippen molar-refractivity contribution in [3.05, 3.63) is 71.8 Å². The second-order valence-electron chi connectivity index (χ2n) is 8.08. The lowest BCUT2D eigenvalue weighted by molar-refractivity contribution is -0.896. The van der Waals surface area contributed by atoms with Gasteiger partial charge in [0, 0.05) is 32.6 Å². The molecule has 0 unspecified atom stereocenters. The first-order valence-corrected chi connectivity index (χ1v) is 11.1. The van der Waals surface area contributed by atoms with E-state index in [2.05, 4.69) is 29.6 Å². The van der Waals surface area contributed by atoms with Gasteiger partial charge in [-0.25, -0.2) is 0 Å². The summed E-state index contributed by atoms with van der Waals surface area (Å²) in [6.07, 6.45) is 1.28. The average Bonchev–Trinajstić information content (AvgIpc) is 2.82. The van der Waals surface area contributed by atoms with Crippen LogP contribution in [0.15, 0.2) is 60.7 Å². The molecule has 2 amide bonds. The number of methoxy groups -OCH3 is 1. The van der Waals surface area contributed by atoms with Crippen LogP contribution in [-0.2, 0) is 14.3 Å². The topological polar surface area (TPSA) is 63.1 Å². The third kappa shape index (κ3) is 7.19. The number of ether oxygens (including phenoxy) is 1. The van der Waals surface area contributed by atoms with E-state index in [1.54, 1.807) is 7.11 Å². The number of amides is 2. The highest BCUT2D eigenvalue weighted by atomic mass is 16.5. The van der Waals surface area contributed by atoms with Crippen molar-refractivity contribution in [3.63, 3.8) is 0 Å². The van der Waals surface area contributed by atoms with E-state index in [0.29, 0.717) is 39.2 Å². The van der Waals surface area contributed by atoms with Crippen molar-refractivity contribution in [1.82, 2.24) is 10.2 Å². The Morgan fingerprint density at radius 3 is 2.13 bits per heavy atom. The Balaban J connectivity index is 1.51. The highest BCUT2D eigenvalue weighted by molar-refractivity contribution is 5.78. The van der Waals surface area contributed by atoms with E-state index >= 15 is 0 Å². The van der Waals surface area contributed by atoms with Crippen LogP contribution < -0.4 is 10.2 Å². The summed E-state index contributed by atoms with van der Waals surface area (Å²) in [7, 11) is 1.66. The standard InChI is InChI=1S/C25H33N3O3/c1-31-18-8-13-26-24(29)20-27-14-16-28(17-15-27)25(30)19-23(21-9-4-2-5-10-21)22-11-6-3-7-12-22/h2-7,9-12,23H,8,13-20H2,1H3,(H,26,29)/p+1. The summed E-state index contributed by atoms with van der Waals surface area (Å²) in [5.74, 6) is 0.304. The molecule has 1 aliphatic heterocycles. The van der Waals surface area contributed by atoms with Gasteiger partial charge in [-0.05, 0) is 17.5 Å². The Hall–Kier alpha value is -2.70. The van der Waals surface area contributed by atoms with Gasteiger partial charge in [0.2, 0.25) is 5.91 Å². The minimum Gasteiger partial charge on any atom is -0.385 e. The highest BCUT2D eigenvalue weighted by Gasteiger charge is 2.27. The van der Waals surface area contributed by atoms with Crippen LogP contribution >= 0.6 is 0 Å². The van der Waals surface area contributed by atoms with Crippen LogP contribution in [-0.4, -0.2) is 69.7 Å². The molecule has 0 radical (unpaired) electrons. The summed E-state index contributed by atoms with van der Waals surface area (Å²) in [6.45, 7) is 4.76. The maximum absolute atomic E-state index is 13.1. The number of quaternary nitrogens is 1. The average molecular weight is 425 g/mol. The van der Waals surface area contributed by atoms with Gasteiger partial charge in [0.05, 0.1) is 26.2 Å². The molecule has 1 saturated heterocycles. The lowest BCUT2D eigenvalue weighted by Crippen LogP contribution is -3.15. The molecule has 0 aromatic heterocycles. The minimum atomic E-state index is 0.0538. The molecule has 1 heterocycles. The quantitative estimate of drug-likeness (QED) is 0.562. The molecule has 6 heteroatoms. The van der Waals surface area contributed by atoms with Crippen LogP contribution in [0.3, 0.4) is 0 Å². The fourth-order valence-electron chi connectivity index (χ4n) is 4.09. The lowest BCUT2D eigenvalue weighted by atomic mass is 9.88. The van der Waals surface area contributed by atoms with E-state index in [4.69, 9.17) is 4.74 Å². The van der Waals surface area contributed by atoms with Crippen molar-refractivity contribution in [2.24, 2.45) is 0 Å². The van der Waals surface area contributed by atoms with E-state index in [-0.39, 0.29) is 17.7 Å². The van der Waals surface area contributed by atoms with Gasteiger partial charge in [-0.2, -0.15) is 0 Å². The molecule has 166 valence electrons. The summed E-state index contributed by atoms with van der Waals surface area (Å²) < 4.78 is 5.00. The maximum atomic E-state index is 13.1. The number of carbonyl (C=O) groups is 2. The number of hydrogen-bond acceptors (Lipinski definition) is 3. The van der Waals surface area contributed by atoms with E-state index < -0.39 is 0 Å². The Labute approximate surface area is 185 Å². The third-order valence-electron chi connectivity index (χ3n) is 5.86. The molecule has 0 saturated carbocycles. The van der Waals surface area contributed by atoms with Gasteiger partial charge in [0.1, 0.15) is 0 Å². The Morgan fingerprint density at radius 2 is 1.58 bits per heavy atom. The summed E-state index contributed by atoms with van der Waals surface area (Å²) in [5, 5.41) is 2.94. The molecular formula is C25H34N3O3+. The summed E-state index contributed by atoms with van der Waals surface area (Å²) in [5.41, 5.74) is 2.33. The fourth-order valence-corrected chi connectivity index (χ4v) is 4.09. The lowest BCUT2D eigenvalue weighted by Gasteiger charge is -2.33. The molecule has 0 aliphatic carbocycles. The molecule has 3 rings (SSSR count). The zero-order valence-corrected chi connectivity index (χ0v) is 18.4. The predicted molar refractivity (Wildman–Crippen MR) is 121 cm³/mol. The molecule has 2 aromatic rings. The summed E-state index contributed by atoms with van der Waals surface area (Å²) in [4.78, 5) is 28.4. The number of nitrogens with zero attached hydrogens (tertiary/aromatic N) is 1. The van der Waals surface area contributed by atoms with Crippen LogP contribution in [0.4, 0.5) is 0 Å². The molecule has 31 heavy (non-hydrogen) atoms. The monoisotopic (exact) mass is 424 g/mol. The molecule has 0 spiro atoms. The van der Waals surface area contributed by atoms with Crippen molar-refractivity contribution in [2.75, 3.05) is 53.0 Å². The number of nitrogens with one attached hydrogen (secondary N) is 2. The zero-order chi connectivity index (χ0) is 21.9. The Morgan fingerprint density at radius 1 is 1.00 bits per heavy atom. The number of benzene rings is 2. The van der Waals surface area contributed by atoms with Crippen LogP contribution in [0.25, 0.3) is 0 Å². The number of rotatable bonds is 10. The second kappa shape index (κ2) is 12.2. The molecular weight excluding hydrogens is 390 g/mol. The van der Waals surface area contributed by atoms with E-state index in [1.165, 1.54) is 4.90 Å². The minimum absolute atomic E-state index is 0.0538. The van der Waals surface area contributed by atoms with Crippen LogP contribution in [0.1, 0.15) is 29.9 Å². The van der Waals surface area contributed by atoms with Gasteiger partial charge >= 0.3 is 0 Å². The molecule has 6 nitrogen and oxygen atoms in total. The predicted octanol–water partition coefficient (Wildman–Crippen LogP) is 1.09. The van der Waals surface area contributed by atoms with Crippen LogP contribution in [0.2, 0.25) is 0 Å². The van der Waals surface area contributed by atoms with Crippen molar-refractivity contribution < 1.29 is 19.2 Å². The highest BCUT2D eigenvalue weighted by Crippen LogP contribution is 2.28. The molecule has 0 bridgehead atoms. The molecule has 2 N–H and O–H groups in total. The van der Waals surface area contributed by atoms with E-state index in [1.807, 2.05) is 41.3 Å². The van der Waals surface area contributed by atoms with Crippen molar-refractivity contribution in [1.29, 1.82) is 0 Å². The first-order chi connectivity index (χ1) is 15.2. The van der Waals surface area contributed by atoms with Gasteiger partial charge in [-0.3, -0.25) is 9.59 Å². The van der Waals surface area contributed by atoms with Crippen LogP contribution in [0.5, 0.6) is 0 Å². The summed E-state index contributed by atoms with van der Waals surface area (Å²) in [6, 6.07) is 20.5. The van der Waals surface area contributed by atoms with Crippen molar-refractivity contribution in [2.45, 2.75) is 18.8 Å². The van der Waals surface area contributed by atoms with Gasteiger partial charge in [0.15, 0.2) is 6.54 Å². The van der Waals surface area contributed by atoms with Crippen molar-refractivity contribution in [3.8, 4) is 0 Å². The third-order valence-corrected chi connectivity index (χ3v) is 5.86. The zero-order valence-electron chi connectivity index (χ0n) is 18.4. The van der Waals surface area contributed by atoms with E-state index in [9.17, 15) is 9.59 Å². The van der Waals surface area contributed by atoms with Gasteiger partial charge in [0.25, 0.3) is 5.91 Å². The fraction of sp³-hybridized carbons (Fsp3) is 0.440. The maximum Gasteiger partial charge on any atom is 0.275 e. The Kier molecular flexibility index (Phi) is 9.06. The second-order valence-corrected chi connectivity index (χ2v) is 8.08.